The first-order valence-corrected chi connectivity index (χ1v) is 9.57. The number of hydrogen-bond donors (Lipinski definition) is 2. The fraction of sp³-hybridized carbons (Fsp3) is 0.200. The molecule has 0 amide bonds. The first-order chi connectivity index (χ1) is 14.1. The Morgan fingerprint density at radius 1 is 1.13 bits per heavy atom. The summed E-state index contributed by atoms with van der Waals surface area (Å²) >= 11 is 11.3. The van der Waals surface area contributed by atoms with Gasteiger partial charge in [0.05, 0.1) is 29.2 Å². The van der Waals surface area contributed by atoms with Gasteiger partial charge in [-0.1, -0.05) is 23.7 Å². The number of hydrogen-bond acceptors (Lipinski definition) is 2. The zero-order chi connectivity index (χ0) is 22.1. The van der Waals surface area contributed by atoms with Gasteiger partial charge in [-0.05, 0) is 56.4 Å². The summed E-state index contributed by atoms with van der Waals surface area (Å²) in [5.74, 6) is -0.439. The number of benzene rings is 2. The minimum absolute atomic E-state index is 0.101. The minimum Gasteiger partial charge on any atom is -0.332 e. The molecule has 0 aliphatic heterocycles. The summed E-state index contributed by atoms with van der Waals surface area (Å²) in [4.78, 5) is 0. The topological polar surface area (TPSA) is 41.9 Å². The summed E-state index contributed by atoms with van der Waals surface area (Å²) in [5, 5.41) is 10.5. The molecular formula is C20H17ClF4N4S. The Bertz CT molecular complexity index is 1070. The second-order valence-electron chi connectivity index (χ2n) is 6.56. The molecule has 0 atom stereocenters. The molecule has 0 fully saturated rings. The number of anilines is 2. The summed E-state index contributed by atoms with van der Waals surface area (Å²) in [6.07, 6.45) is -4.45. The number of aromatic nitrogens is 2. The van der Waals surface area contributed by atoms with E-state index in [0.717, 1.165) is 12.1 Å². The van der Waals surface area contributed by atoms with E-state index >= 15 is 0 Å². The van der Waals surface area contributed by atoms with E-state index < -0.39 is 17.6 Å². The predicted molar refractivity (Wildman–Crippen MR) is 114 cm³/mol. The highest BCUT2D eigenvalue weighted by molar-refractivity contribution is 7.80. The van der Waals surface area contributed by atoms with Crippen LogP contribution in [-0.2, 0) is 12.7 Å². The summed E-state index contributed by atoms with van der Waals surface area (Å²) in [6.45, 7) is 3.62. The second-order valence-corrected chi connectivity index (χ2v) is 7.38. The summed E-state index contributed by atoms with van der Waals surface area (Å²) in [7, 11) is 0. The van der Waals surface area contributed by atoms with Crippen LogP contribution < -0.4 is 10.6 Å². The van der Waals surface area contributed by atoms with Gasteiger partial charge in [0.15, 0.2) is 5.11 Å². The molecule has 0 radical (unpaired) electrons. The van der Waals surface area contributed by atoms with Crippen molar-refractivity contribution in [2.45, 2.75) is 26.6 Å². The van der Waals surface area contributed by atoms with Crippen molar-refractivity contribution in [1.82, 2.24) is 9.78 Å². The smallest absolute Gasteiger partial charge is 0.332 e. The van der Waals surface area contributed by atoms with Gasteiger partial charge in [0.25, 0.3) is 0 Å². The second kappa shape index (κ2) is 8.61. The van der Waals surface area contributed by atoms with Gasteiger partial charge >= 0.3 is 6.18 Å². The lowest BCUT2D eigenvalue weighted by Crippen LogP contribution is -2.20. The van der Waals surface area contributed by atoms with Crippen molar-refractivity contribution < 1.29 is 17.6 Å². The third-order valence-electron chi connectivity index (χ3n) is 4.44. The van der Waals surface area contributed by atoms with Crippen LogP contribution in [-0.4, -0.2) is 14.9 Å². The molecule has 0 saturated carbocycles. The maximum Gasteiger partial charge on any atom is 0.416 e. The zero-order valence-corrected chi connectivity index (χ0v) is 17.5. The lowest BCUT2D eigenvalue weighted by atomic mass is 10.2. The van der Waals surface area contributed by atoms with Crippen LogP contribution in [0.1, 0.15) is 22.5 Å². The molecule has 158 valence electrons. The Morgan fingerprint density at radius 2 is 1.83 bits per heavy atom. The molecule has 1 aromatic heterocycles. The SMILES string of the molecule is Cc1nn(Cc2c(F)cccc2Cl)c(C)c1NC(=S)Nc1cccc(C(F)(F)F)c1. The van der Waals surface area contributed by atoms with E-state index in [1.165, 1.54) is 24.3 Å². The van der Waals surface area contributed by atoms with E-state index in [2.05, 4.69) is 15.7 Å². The maximum atomic E-state index is 14.1. The molecule has 0 unspecified atom stereocenters. The molecule has 2 N–H and O–H groups in total. The third-order valence-corrected chi connectivity index (χ3v) is 5.00. The lowest BCUT2D eigenvalue weighted by Gasteiger charge is -2.13. The van der Waals surface area contributed by atoms with Crippen molar-refractivity contribution in [3.05, 3.63) is 75.8 Å². The van der Waals surface area contributed by atoms with Gasteiger partial charge in [-0.25, -0.2) is 4.39 Å². The highest BCUT2D eigenvalue weighted by Gasteiger charge is 2.30. The molecule has 0 spiro atoms. The number of halogens is 5. The van der Waals surface area contributed by atoms with Gasteiger partial charge in [0.2, 0.25) is 0 Å². The fourth-order valence-electron chi connectivity index (χ4n) is 2.91. The van der Waals surface area contributed by atoms with Gasteiger partial charge in [-0.3, -0.25) is 4.68 Å². The molecule has 3 rings (SSSR count). The zero-order valence-electron chi connectivity index (χ0n) is 15.9. The van der Waals surface area contributed by atoms with E-state index in [1.807, 2.05) is 0 Å². The summed E-state index contributed by atoms with van der Waals surface area (Å²) < 4.78 is 54.3. The van der Waals surface area contributed by atoms with Crippen LogP contribution in [0.5, 0.6) is 0 Å². The van der Waals surface area contributed by atoms with Crippen molar-refractivity contribution in [2.75, 3.05) is 10.6 Å². The predicted octanol–water partition coefficient (Wildman–Crippen LogP) is 6.17. The lowest BCUT2D eigenvalue weighted by molar-refractivity contribution is -0.137. The molecule has 0 aliphatic carbocycles. The van der Waals surface area contributed by atoms with Gasteiger partial charge in [0, 0.05) is 16.3 Å². The highest BCUT2D eigenvalue weighted by Crippen LogP contribution is 2.31. The molecule has 30 heavy (non-hydrogen) atoms. The minimum atomic E-state index is -4.45. The summed E-state index contributed by atoms with van der Waals surface area (Å²) in [6, 6.07) is 9.16. The van der Waals surface area contributed by atoms with Gasteiger partial charge in [0.1, 0.15) is 5.82 Å². The number of nitrogens with zero attached hydrogens (tertiary/aromatic N) is 2. The molecule has 10 heteroatoms. The largest absolute Gasteiger partial charge is 0.416 e. The van der Waals surface area contributed by atoms with Crippen molar-refractivity contribution >= 4 is 40.3 Å². The third kappa shape index (κ3) is 4.91. The van der Waals surface area contributed by atoms with Crippen molar-refractivity contribution in [2.24, 2.45) is 0 Å². The fourth-order valence-corrected chi connectivity index (χ4v) is 3.36. The normalized spacial score (nSPS) is 11.4. The van der Waals surface area contributed by atoms with Crippen molar-refractivity contribution in [3.63, 3.8) is 0 Å². The molecular weight excluding hydrogens is 440 g/mol. The Labute approximate surface area is 180 Å². The van der Waals surface area contributed by atoms with Crippen molar-refractivity contribution in [1.29, 1.82) is 0 Å². The van der Waals surface area contributed by atoms with E-state index in [-0.39, 0.29) is 17.3 Å². The van der Waals surface area contributed by atoms with E-state index in [1.54, 1.807) is 24.6 Å². The summed E-state index contributed by atoms with van der Waals surface area (Å²) in [5.41, 5.74) is 1.56. The van der Waals surface area contributed by atoms with Gasteiger partial charge in [-0.15, -0.1) is 0 Å². The number of aryl methyl sites for hydroxylation is 1. The molecule has 0 bridgehead atoms. The molecule has 4 nitrogen and oxygen atoms in total. The molecule has 1 heterocycles. The van der Waals surface area contributed by atoms with Gasteiger partial charge < -0.3 is 10.6 Å². The van der Waals surface area contributed by atoms with Crippen LogP contribution in [0.2, 0.25) is 5.02 Å². The van der Waals surface area contributed by atoms with E-state index in [0.29, 0.717) is 27.7 Å². The van der Waals surface area contributed by atoms with Crippen LogP contribution in [0.15, 0.2) is 42.5 Å². The number of nitrogens with one attached hydrogen (secondary N) is 2. The average Bonchev–Trinajstić information content (AvgIpc) is 2.92. The Morgan fingerprint density at radius 3 is 2.50 bits per heavy atom. The first-order valence-electron chi connectivity index (χ1n) is 8.78. The quantitative estimate of drug-likeness (QED) is 0.364. The Kier molecular flexibility index (Phi) is 6.33. The van der Waals surface area contributed by atoms with Crippen LogP contribution in [0.4, 0.5) is 28.9 Å². The van der Waals surface area contributed by atoms with Crippen LogP contribution in [0.25, 0.3) is 0 Å². The Hall–Kier alpha value is -2.65. The van der Waals surface area contributed by atoms with Crippen LogP contribution in [0.3, 0.4) is 0 Å². The molecule has 0 saturated heterocycles. The number of alkyl halides is 3. The first kappa shape index (κ1) is 22.0. The average molecular weight is 457 g/mol. The van der Waals surface area contributed by atoms with Crippen LogP contribution >= 0.6 is 23.8 Å². The number of rotatable bonds is 4. The van der Waals surface area contributed by atoms with Crippen LogP contribution in [0, 0.1) is 19.7 Å². The van der Waals surface area contributed by atoms with Gasteiger partial charge in [-0.2, -0.15) is 18.3 Å². The van der Waals surface area contributed by atoms with E-state index in [9.17, 15) is 17.6 Å². The van der Waals surface area contributed by atoms with E-state index in [4.69, 9.17) is 23.8 Å². The highest BCUT2D eigenvalue weighted by atomic mass is 35.5. The monoisotopic (exact) mass is 456 g/mol. The standard InChI is InChI=1S/C20H17ClF4N4S/c1-11-18(12(2)29(28-11)10-15-16(21)7-4-8-17(15)22)27-19(30)26-14-6-3-5-13(9-14)20(23,24)25/h3-9H,10H2,1-2H3,(H2,26,27,30). The number of thiocarbonyl (C=S) groups is 1. The molecule has 3 aromatic rings. The Balaban J connectivity index is 1.77. The molecule has 2 aromatic carbocycles. The maximum absolute atomic E-state index is 14.1. The molecule has 0 aliphatic rings. The van der Waals surface area contributed by atoms with Crippen molar-refractivity contribution in [3.8, 4) is 0 Å².